The molecule has 346 valence electrons. The van der Waals surface area contributed by atoms with Crippen LogP contribution in [0.5, 0.6) is 23.0 Å². The summed E-state index contributed by atoms with van der Waals surface area (Å²) in [5, 5.41) is 10.6. The number of ether oxygens (including phenoxy) is 4. The summed E-state index contributed by atoms with van der Waals surface area (Å²) >= 11 is 29.6. The third-order valence-electron chi connectivity index (χ3n) is 11.3. The molecule has 0 spiro atoms. The van der Waals surface area contributed by atoms with Gasteiger partial charge in [-0.3, -0.25) is 19.6 Å². The summed E-state index contributed by atoms with van der Waals surface area (Å²) in [5.74, 6) is 2.39. The van der Waals surface area contributed by atoms with Crippen LogP contribution in [0.15, 0.2) is 97.6 Å². The summed E-state index contributed by atoms with van der Waals surface area (Å²) < 4.78 is 25.0. The number of aromatic nitrogens is 2. The Labute approximate surface area is 418 Å². The number of benzene rings is 4. The van der Waals surface area contributed by atoms with Crippen LogP contribution in [0, 0.1) is 17.9 Å². The summed E-state index contributed by atoms with van der Waals surface area (Å²) in [6.07, 6.45) is 9.04. The molecule has 0 saturated carbocycles. The lowest BCUT2D eigenvalue weighted by molar-refractivity contribution is 0.0718. The number of amides is 2. The minimum absolute atomic E-state index is 0.0132. The van der Waals surface area contributed by atoms with E-state index >= 15 is 0 Å². The molecule has 0 radical (unpaired) electrons. The van der Waals surface area contributed by atoms with E-state index in [1.54, 1.807) is 70.4 Å². The first kappa shape index (κ1) is 48.3. The first-order valence-corrected chi connectivity index (χ1v) is 24.3. The Morgan fingerprint density at radius 3 is 1.66 bits per heavy atom. The van der Waals surface area contributed by atoms with Crippen molar-refractivity contribution in [1.29, 1.82) is 5.26 Å². The van der Waals surface area contributed by atoms with E-state index in [0.29, 0.717) is 92.0 Å². The van der Waals surface area contributed by atoms with E-state index in [0.717, 1.165) is 30.8 Å². The van der Waals surface area contributed by atoms with E-state index < -0.39 is 0 Å². The Kier molecular flexibility index (Phi) is 16.1. The van der Waals surface area contributed by atoms with Crippen molar-refractivity contribution in [3.8, 4) is 40.2 Å². The molecule has 17 heteroatoms. The van der Waals surface area contributed by atoms with Crippen molar-refractivity contribution < 1.29 is 28.5 Å². The second-order valence-corrected chi connectivity index (χ2v) is 18.7. The molecule has 6 aromatic rings. The molecular weight excluding hydrogens is 966 g/mol. The van der Waals surface area contributed by atoms with Gasteiger partial charge in [-0.05, 0) is 49.1 Å². The van der Waals surface area contributed by atoms with Gasteiger partial charge < -0.3 is 28.7 Å². The van der Waals surface area contributed by atoms with Crippen molar-refractivity contribution >= 4 is 75.7 Å². The predicted molar refractivity (Wildman–Crippen MR) is 265 cm³/mol. The Bertz CT molecular complexity index is 2740. The molecular formula is C51H42Cl4N6O6S. The average molecular weight is 1010 g/mol. The van der Waals surface area contributed by atoms with E-state index in [1.807, 2.05) is 36.4 Å². The van der Waals surface area contributed by atoms with Gasteiger partial charge in [0.1, 0.15) is 55.5 Å². The number of hydrogen-bond acceptors (Lipinski definition) is 10. The smallest absolute Gasteiger partial charge is 0.257 e. The number of carbonyl (C=O) groups excluding carboxylic acids is 2. The van der Waals surface area contributed by atoms with Gasteiger partial charge in [0.25, 0.3) is 11.8 Å². The fraction of sp³-hybridized carbons (Fsp3) is 0.255. The van der Waals surface area contributed by atoms with E-state index in [9.17, 15) is 14.9 Å². The van der Waals surface area contributed by atoms with Crippen LogP contribution in [0.4, 0.5) is 5.69 Å². The van der Waals surface area contributed by atoms with Gasteiger partial charge in [-0.1, -0.05) is 82.8 Å². The Morgan fingerprint density at radius 2 is 1.13 bits per heavy atom. The summed E-state index contributed by atoms with van der Waals surface area (Å²) in [4.78, 5) is 42.9. The number of piperidine rings is 1. The van der Waals surface area contributed by atoms with Crippen LogP contribution in [0.25, 0.3) is 16.0 Å². The van der Waals surface area contributed by atoms with Gasteiger partial charge in [0.15, 0.2) is 0 Å². The maximum atomic E-state index is 13.8. The SMILES string of the molecule is [C-]#[N+]c1cncc(COc2cc(OCc3cccc(-c4cccc(COc5cc(OCc6cncc(C#N)c6)c(C(=O)N6CCCCC6)cc5Cl)c4Cl)c3Cl)c(Cl)cc2C(=O)N2CCSCC2)c1. The third kappa shape index (κ3) is 11.6. The van der Waals surface area contributed by atoms with Gasteiger partial charge in [0.2, 0.25) is 5.69 Å². The number of nitriles is 1. The first-order chi connectivity index (χ1) is 33.1. The van der Waals surface area contributed by atoms with Crippen molar-refractivity contribution in [3.05, 3.63) is 168 Å². The lowest BCUT2D eigenvalue weighted by Crippen LogP contribution is -2.38. The summed E-state index contributed by atoms with van der Waals surface area (Å²) in [5.41, 5.74) is 5.26. The number of carbonyl (C=O) groups is 2. The number of rotatable bonds is 15. The minimum atomic E-state index is -0.199. The first-order valence-electron chi connectivity index (χ1n) is 21.6. The number of hydrogen-bond donors (Lipinski definition) is 0. The van der Waals surface area contributed by atoms with Gasteiger partial charge in [-0.15, -0.1) is 0 Å². The Balaban J connectivity index is 1.01. The highest BCUT2D eigenvalue weighted by Crippen LogP contribution is 2.41. The molecule has 0 N–H and O–H groups in total. The normalized spacial score (nSPS) is 13.6. The molecule has 2 aromatic heterocycles. The van der Waals surface area contributed by atoms with Gasteiger partial charge in [0.05, 0.1) is 43.4 Å². The molecule has 2 fully saturated rings. The van der Waals surface area contributed by atoms with Gasteiger partial charge in [-0.25, -0.2) is 4.85 Å². The zero-order chi connectivity index (χ0) is 47.6. The summed E-state index contributed by atoms with van der Waals surface area (Å²) in [6.45, 7) is 9.97. The highest BCUT2D eigenvalue weighted by molar-refractivity contribution is 7.99. The van der Waals surface area contributed by atoms with E-state index in [1.165, 1.54) is 12.4 Å². The van der Waals surface area contributed by atoms with Crippen molar-refractivity contribution in [2.24, 2.45) is 0 Å². The van der Waals surface area contributed by atoms with Crippen LogP contribution >= 0.6 is 58.2 Å². The fourth-order valence-corrected chi connectivity index (χ4v) is 9.65. The number of thioether (sulfide) groups is 1. The lowest BCUT2D eigenvalue weighted by Gasteiger charge is -2.27. The van der Waals surface area contributed by atoms with Gasteiger partial charge in [0, 0.05) is 102 Å². The predicted octanol–water partition coefficient (Wildman–Crippen LogP) is 12.3. The topological polar surface area (TPSA) is 131 Å². The molecule has 68 heavy (non-hydrogen) atoms. The van der Waals surface area contributed by atoms with Crippen molar-refractivity contribution in [1.82, 2.24) is 19.8 Å². The van der Waals surface area contributed by atoms with Crippen LogP contribution in [-0.2, 0) is 26.4 Å². The molecule has 4 heterocycles. The zero-order valence-corrected chi connectivity index (χ0v) is 40.3. The van der Waals surface area contributed by atoms with Crippen LogP contribution in [0.3, 0.4) is 0 Å². The van der Waals surface area contributed by atoms with Crippen LogP contribution in [0.2, 0.25) is 20.1 Å². The van der Waals surface area contributed by atoms with Gasteiger partial charge >= 0.3 is 0 Å². The molecule has 0 unspecified atom stereocenters. The zero-order valence-electron chi connectivity index (χ0n) is 36.5. The fourth-order valence-electron chi connectivity index (χ4n) is 7.74. The number of halogens is 4. The Hall–Kier alpha value is -6.19. The van der Waals surface area contributed by atoms with Crippen LogP contribution < -0.4 is 18.9 Å². The van der Waals surface area contributed by atoms with Gasteiger partial charge in [-0.2, -0.15) is 17.0 Å². The van der Waals surface area contributed by atoms with Crippen LogP contribution in [0.1, 0.15) is 67.8 Å². The largest absolute Gasteiger partial charge is 0.488 e. The standard InChI is InChI=1S/C51H42Cl4N6O6S/c1-57-37-18-34(26-59-27-37)29-65-45-22-47(43(53)20-41(45)51(63)61-13-15-68-16-14-61)67-31-36-8-6-10-39(49(36)55)38-9-5-7-35(48(38)54)30-66-46-21-44(64-28-33-17-32(23-56)24-58-25-33)40(19-42(46)52)50(62)60-11-3-2-4-12-60/h5-10,17-22,24-27H,2-4,11-16,28-31H2. The highest BCUT2D eigenvalue weighted by atomic mass is 35.5. The molecule has 2 aliphatic heterocycles. The van der Waals surface area contributed by atoms with Crippen molar-refractivity contribution in [3.63, 3.8) is 0 Å². The quantitative estimate of drug-likeness (QED) is 0.0916. The molecule has 2 amide bonds. The molecule has 2 saturated heterocycles. The average Bonchev–Trinajstić information content (AvgIpc) is 3.38. The number of likely N-dealkylation sites (tertiary alicyclic amines) is 1. The lowest BCUT2D eigenvalue weighted by atomic mass is 10.0. The number of pyridine rings is 2. The number of nitrogens with zero attached hydrogens (tertiary/aromatic N) is 6. The maximum Gasteiger partial charge on any atom is 0.257 e. The van der Waals surface area contributed by atoms with E-state index in [4.69, 9.17) is 71.9 Å². The summed E-state index contributed by atoms with van der Waals surface area (Å²) in [6, 6.07) is 22.9. The summed E-state index contributed by atoms with van der Waals surface area (Å²) in [7, 11) is 0. The molecule has 12 nitrogen and oxygen atoms in total. The second kappa shape index (κ2) is 22.7. The molecule has 2 aliphatic rings. The van der Waals surface area contributed by atoms with E-state index in [2.05, 4.69) is 20.9 Å². The molecule has 0 aliphatic carbocycles. The maximum absolute atomic E-state index is 13.8. The van der Waals surface area contributed by atoms with Crippen molar-refractivity contribution in [2.45, 2.75) is 45.7 Å². The molecule has 0 atom stereocenters. The second-order valence-electron chi connectivity index (χ2n) is 15.9. The minimum Gasteiger partial charge on any atom is -0.488 e. The Morgan fingerprint density at radius 1 is 0.632 bits per heavy atom. The van der Waals surface area contributed by atoms with E-state index in [-0.39, 0.29) is 71.3 Å². The molecule has 8 rings (SSSR count). The third-order valence-corrected chi connectivity index (χ3v) is 13.7. The molecule has 4 aromatic carbocycles. The molecule has 0 bridgehead atoms. The highest BCUT2D eigenvalue weighted by Gasteiger charge is 2.26. The van der Waals surface area contributed by atoms with Crippen LogP contribution in [-0.4, -0.2) is 69.3 Å². The monoisotopic (exact) mass is 1010 g/mol. The van der Waals surface area contributed by atoms with Crippen molar-refractivity contribution in [2.75, 3.05) is 37.7 Å².